The minimum atomic E-state index is -0.519. The van der Waals surface area contributed by atoms with Crippen LogP contribution >= 0.6 is 0 Å². The van der Waals surface area contributed by atoms with Crippen LogP contribution in [0.2, 0.25) is 0 Å². The van der Waals surface area contributed by atoms with Gasteiger partial charge in [-0.25, -0.2) is 0 Å². The number of carbonyl (C=O) groups excluding carboxylic acids is 1. The summed E-state index contributed by atoms with van der Waals surface area (Å²) in [4.78, 5) is 16.1. The van der Waals surface area contributed by atoms with Gasteiger partial charge in [-0.3, -0.25) is 14.4 Å². The third kappa shape index (κ3) is 4.18. The molecule has 2 heterocycles. The first-order valence-electron chi connectivity index (χ1n) is 7.68. The minimum Gasteiger partial charge on any atom is -0.390 e. The van der Waals surface area contributed by atoms with Crippen LogP contribution in [0.1, 0.15) is 25.1 Å². The molecule has 0 bridgehead atoms. The fourth-order valence-corrected chi connectivity index (χ4v) is 2.68. The monoisotopic (exact) mass is 306 g/mol. The third-order valence-corrected chi connectivity index (χ3v) is 4.04. The summed E-state index contributed by atoms with van der Waals surface area (Å²) in [6, 6.07) is 0. The molecule has 122 valence electrons. The topological polar surface area (TPSA) is 61.6 Å². The van der Waals surface area contributed by atoms with Crippen molar-refractivity contribution < 1.29 is 9.90 Å². The molecule has 1 aromatic heterocycles. The lowest BCUT2D eigenvalue weighted by Crippen LogP contribution is -2.36. The molecule has 0 saturated carbocycles. The summed E-state index contributed by atoms with van der Waals surface area (Å²) in [6.45, 7) is 8.97. The number of aliphatic hydroxyl groups is 1. The van der Waals surface area contributed by atoms with Crippen LogP contribution in [0.25, 0.3) is 0 Å². The first-order valence-corrected chi connectivity index (χ1v) is 7.68. The zero-order chi connectivity index (χ0) is 16.3. The second-order valence-corrected chi connectivity index (χ2v) is 6.27. The Labute approximate surface area is 132 Å². The highest BCUT2D eigenvalue weighted by Crippen LogP contribution is 2.13. The third-order valence-electron chi connectivity index (χ3n) is 4.04. The second kappa shape index (κ2) is 7.07. The summed E-state index contributed by atoms with van der Waals surface area (Å²) in [5.41, 5.74) is 3.28. The Kier molecular flexibility index (Phi) is 5.37. The van der Waals surface area contributed by atoms with E-state index in [0.717, 1.165) is 24.4 Å². The molecule has 1 aliphatic rings. The Morgan fingerprint density at radius 1 is 1.41 bits per heavy atom. The van der Waals surface area contributed by atoms with Crippen LogP contribution in [0, 0.1) is 6.92 Å². The van der Waals surface area contributed by atoms with Crippen molar-refractivity contribution >= 4 is 5.91 Å². The van der Waals surface area contributed by atoms with Crippen LogP contribution in [-0.2, 0) is 18.4 Å². The average Bonchev–Trinajstić information content (AvgIpc) is 2.64. The van der Waals surface area contributed by atoms with E-state index in [0.29, 0.717) is 19.6 Å². The zero-order valence-electron chi connectivity index (χ0n) is 13.9. The quantitative estimate of drug-likeness (QED) is 0.835. The molecule has 1 atom stereocenters. The maximum Gasteiger partial charge on any atom is 0.246 e. The molecule has 1 aromatic rings. The van der Waals surface area contributed by atoms with Gasteiger partial charge in [0.2, 0.25) is 5.91 Å². The summed E-state index contributed by atoms with van der Waals surface area (Å²) < 4.78 is 1.86. The van der Waals surface area contributed by atoms with Gasteiger partial charge in [0.05, 0.1) is 12.3 Å². The molecule has 1 saturated heterocycles. The zero-order valence-corrected chi connectivity index (χ0v) is 13.9. The fourth-order valence-electron chi connectivity index (χ4n) is 2.68. The first-order chi connectivity index (χ1) is 10.4. The normalized spacial score (nSPS) is 19.9. The van der Waals surface area contributed by atoms with E-state index in [4.69, 9.17) is 0 Å². The van der Waals surface area contributed by atoms with Gasteiger partial charge >= 0.3 is 0 Å². The van der Waals surface area contributed by atoms with E-state index >= 15 is 0 Å². The van der Waals surface area contributed by atoms with Gasteiger partial charge in [0.1, 0.15) is 0 Å². The number of β-amino-alcohol motifs (C(OH)–C–C–N with tert-alkyl or cyclic N) is 1. The summed E-state index contributed by atoms with van der Waals surface area (Å²) >= 11 is 0. The molecular weight excluding hydrogens is 280 g/mol. The molecule has 1 aliphatic heterocycles. The number of hydrogen-bond acceptors (Lipinski definition) is 4. The number of carbonyl (C=O) groups is 1. The van der Waals surface area contributed by atoms with Crippen molar-refractivity contribution in [3.63, 3.8) is 0 Å². The lowest BCUT2D eigenvalue weighted by molar-refractivity contribution is -0.126. The second-order valence-electron chi connectivity index (χ2n) is 6.27. The number of aryl methyl sites for hydroxylation is 1. The van der Waals surface area contributed by atoms with Crippen LogP contribution in [-0.4, -0.2) is 62.9 Å². The molecule has 1 N–H and O–H groups in total. The van der Waals surface area contributed by atoms with Gasteiger partial charge in [-0.05, 0) is 20.8 Å². The largest absolute Gasteiger partial charge is 0.390 e. The molecule has 1 amide bonds. The molecule has 0 radical (unpaired) electrons. The first kappa shape index (κ1) is 16.7. The van der Waals surface area contributed by atoms with E-state index in [1.54, 1.807) is 11.0 Å². The number of hydrogen-bond donors (Lipinski definition) is 1. The van der Waals surface area contributed by atoms with Crippen molar-refractivity contribution in [3.8, 4) is 0 Å². The number of aromatic nitrogens is 2. The average molecular weight is 306 g/mol. The highest BCUT2D eigenvalue weighted by Gasteiger charge is 2.24. The number of rotatable bonds is 3. The van der Waals surface area contributed by atoms with Gasteiger partial charge in [0.15, 0.2) is 0 Å². The van der Waals surface area contributed by atoms with E-state index in [1.807, 2.05) is 38.7 Å². The molecule has 6 heteroatoms. The molecule has 0 unspecified atom stereocenters. The lowest BCUT2D eigenvalue weighted by Gasteiger charge is -2.21. The Hall–Kier alpha value is -1.66. The molecular formula is C16H26N4O2. The molecule has 0 aliphatic carbocycles. The fraction of sp³-hybridized carbons (Fsp3) is 0.625. The molecule has 0 aromatic carbocycles. The van der Waals surface area contributed by atoms with Gasteiger partial charge in [-0.15, -0.1) is 0 Å². The smallest absolute Gasteiger partial charge is 0.246 e. The Balaban J connectivity index is 2.01. The Morgan fingerprint density at radius 2 is 2.14 bits per heavy atom. The van der Waals surface area contributed by atoms with E-state index in [2.05, 4.69) is 10.00 Å². The van der Waals surface area contributed by atoms with Gasteiger partial charge in [-0.1, -0.05) is 5.57 Å². The van der Waals surface area contributed by atoms with Crippen LogP contribution < -0.4 is 0 Å². The van der Waals surface area contributed by atoms with Crippen molar-refractivity contribution in [3.05, 3.63) is 29.1 Å². The predicted molar refractivity (Wildman–Crippen MR) is 85.2 cm³/mol. The highest BCUT2D eigenvalue weighted by molar-refractivity contribution is 5.88. The van der Waals surface area contributed by atoms with Gasteiger partial charge in [-0.2, -0.15) is 5.10 Å². The summed E-state index contributed by atoms with van der Waals surface area (Å²) in [6.07, 6.45) is 2.99. The van der Waals surface area contributed by atoms with Crippen LogP contribution in [0.5, 0.6) is 0 Å². The van der Waals surface area contributed by atoms with Crippen molar-refractivity contribution in [2.24, 2.45) is 7.05 Å². The SMILES string of the molecule is CC(C)=CC(=O)N1CCN(Cc2cnn(C)c2C)C[C@H](O)C1. The Bertz CT molecular complexity index is 560. The van der Waals surface area contributed by atoms with Gasteiger partial charge in [0.25, 0.3) is 0 Å². The standard InChI is InChI=1S/C16H26N4O2/c1-12(2)7-16(22)20-6-5-19(10-15(21)11-20)9-14-8-17-18(4)13(14)3/h7-8,15,21H,5-6,9-11H2,1-4H3/t15-/m0/s1. The molecule has 22 heavy (non-hydrogen) atoms. The number of nitrogens with zero attached hydrogens (tertiary/aromatic N) is 4. The summed E-state index contributed by atoms with van der Waals surface area (Å²) in [5, 5.41) is 14.4. The summed E-state index contributed by atoms with van der Waals surface area (Å²) in [5.74, 6) is -0.0153. The maximum atomic E-state index is 12.1. The van der Waals surface area contributed by atoms with Gasteiger partial charge < -0.3 is 10.0 Å². The molecule has 6 nitrogen and oxygen atoms in total. The van der Waals surface area contributed by atoms with Crippen LogP contribution in [0.15, 0.2) is 17.8 Å². The Morgan fingerprint density at radius 3 is 2.73 bits per heavy atom. The number of aliphatic hydroxyl groups excluding tert-OH is 1. The van der Waals surface area contributed by atoms with Crippen molar-refractivity contribution in [2.45, 2.75) is 33.4 Å². The van der Waals surface area contributed by atoms with Crippen molar-refractivity contribution in [1.29, 1.82) is 0 Å². The van der Waals surface area contributed by atoms with Crippen LogP contribution in [0.4, 0.5) is 0 Å². The van der Waals surface area contributed by atoms with Crippen LogP contribution in [0.3, 0.4) is 0 Å². The number of amides is 1. The molecule has 2 rings (SSSR count). The van der Waals surface area contributed by atoms with E-state index in [-0.39, 0.29) is 5.91 Å². The van der Waals surface area contributed by atoms with E-state index in [1.165, 1.54) is 5.56 Å². The highest BCUT2D eigenvalue weighted by atomic mass is 16.3. The van der Waals surface area contributed by atoms with Crippen molar-refractivity contribution in [2.75, 3.05) is 26.2 Å². The molecule has 1 fully saturated rings. The van der Waals surface area contributed by atoms with E-state index in [9.17, 15) is 9.90 Å². The minimum absolute atomic E-state index is 0.0153. The molecule has 0 spiro atoms. The van der Waals surface area contributed by atoms with E-state index < -0.39 is 6.10 Å². The number of allylic oxidation sites excluding steroid dienone is 1. The predicted octanol–water partition coefficient (Wildman–Crippen LogP) is 0.700. The van der Waals surface area contributed by atoms with Gasteiger partial charge in [0, 0.05) is 57.1 Å². The van der Waals surface area contributed by atoms with Crippen molar-refractivity contribution in [1.82, 2.24) is 19.6 Å². The summed E-state index contributed by atoms with van der Waals surface area (Å²) in [7, 11) is 1.93. The maximum absolute atomic E-state index is 12.1. The lowest BCUT2D eigenvalue weighted by atomic mass is 10.2.